The molecule has 0 spiro atoms. The number of carbonyl (C=O) groups is 1. The first-order valence-electron chi connectivity index (χ1n) is 7.86. The first-order chi connectivity index (χ1) is 11.5. The predicted octanol–water partition coefficient (Wildman–Crippen LogP) is 1.66. The van der Waals surface area contributed by atoms with Gasteiger partial charge in [0, 0.05) is 37.3 Å². The lowest BCUT2D eigenvalue weighted by Crippen LogP contribution is -2.35. The Labute approximate surface area is 139 Å². The number of ketones is 1. The number of carbonyl (C=O) groups excluding carboxylic acids is 1. The van der Waals surface area contributed by atoms with Gasteiger partial charge in [0.1, 0.15) is 11.3 Å². The Hall–Kier alpha value is -2.60. The maximum Gasteiger partial charge on any atom is 0.265 e. The quantitative estimate of drug-likeness (QED) is 0.685. The number of aromatic hydroxyl groups is 1. The molecular weight excluding hydrogens is 308 g/mol. The molecule has 24 heavy (non-hydrogen) atoms. The van der Waals surface area contributed by atoms with Gasteiger partial charge in [-0.2, -0.15) is 0 Å². The zero-order valence-corrected chi connectivity index (χ0v) is 13.8. The lowest BCUT2D eigenvalue weighted by Gasteiger charge is -2.29. The van der Waals surface area contributed by atoms with Gasteiger partial charge in [0.25, 0.3) is 5.56 Å². The van der Waals surface area contributed by atoms with Gasteiger partial charge in [0.05, 0.1) is 18.7 Å². The molecule has 1 saturated heterocycles. The van der Waals surface area contributed by atoms with E-state index >= 15 is 0 Å². The number of allylic oxidation sites excluding steroid dienone is 2. The summed E-state index contributed by atoms with van der Waals surface area (Å²) < 4.78 is 6.68. The van der Waals surface area contributed by atoms with Gasteiger partial charge in [0.15, 0.2) is 5.78 Å². The van der Waals surface area contributed by atoms with Crippen molar-refractivity contribution in [2.24, 2.45) is 7.05 Å². The number of hydrogen-bond acceptors (Lipinski definition) is 5. The van der Waals surface area contributed by atoms with Gasteiger partial charge < -0.3 is 19.3 Å². The smallest absolute Gasteiger partial charge is 0.265 e. The Morgan fingerprint density at radius 3 is 2.62 bits per heavy atom. The average Bonchev–Trinajstić information content (AvgIpc) is 2.60. The highest BCUT2D eigenvalue weighted by Gasteiger charge is 2.20. The number of aryl methyl sites for hydroxylation is 1. The molecule has 0 unspecified atom stereocenters. The van der Waals surface area contributed by atoms with E-state index in [1.54, 1.807) is 31.3 Å². The second kappa shape index (κ2) is 6.49. The fourth-order valence-corrected chi connectivity index (χ4v) is 2.97. The van der Waals surface area contributed by atoms with Crippen LogP contribution in [0.5, 0.6) is 5.75 Å². The Bertz CT molecular complexity index is 876. The molecule has 0 radical (unpaired) electrons. The Kier molecular flexibility index (Phi) is 4.40. The molecule has 0 saturated carbocycles. The van der Waals surface area contributed by atoms with Crippen molar-refractivity contribution in [3.63, 3.8) is 0 Å². The van der Waals surface area contributed by atoms with Gasteiger partial charge >= 0.3 is 0 Å². The monoisotopic (exact) mass is 328 g/mol. The van der Waals surface area contributed by atoms with Gasteiger partial charge in [-0.05, 0) is 19.1 Å². The first-order valence-corrected chi connectivity index (χ1v) is 7.86. The van der Waals surface area contributed by atoms with Crippen molar-refractivity contribution in [3.05, 3.63) is 52.0 Å². The molecule has 6 nitrogen and oxygen atoms in total. The molecule has 0 atom stereocenters. The summed E-state index contributed by atoms with van der Waals surface area (Å²) >= 11 is 0. The molecule has 3 rings (SSSR count). The summed E-state index contributed by atoms with van der Waals surface area (Å²) in [7, 11) is 1.60. The molecule has 1 aromatic carbocycles. The molecule has 126 valence electrons. The SMILES string of the molecule is CC(=CC(=O)c1c(O)c2ccccc2n(C)c1=O)N1CCOCC1. The van der Waals surface area contributed by atoms with Crippen LogP contribution < -0.4 is 5.56 Å². The van der Waals surface area contributed by atoms with Crippen LogP contribution in [0.3, 0.4) is 0 Å². The third-order valence-corrected chi connectivity index (χ3v) is 4.37. The van der Waals surface area contributed by atoms with Crippen LogP contribution in [-0.4, -0.2) is 46.7 Å². The van der Waals surface area contributed by atoms with Crippen molar-refractivity contribution in [1.29, 1.82) is 0 Å². The van der Waals surface area contributed by atoms with Crippen LogP contribution in [0.1, 0.15) is 17.3 Å². The number of morpholine rings is 1. The minimum absolute atomic E-state index is 0.191. The first kappa shape index (κ1) is 16.3. The van der Waals surface area contributed by atoms with Crippen molar-refractivity contribution in [1.82, 2.24) is 9.47 Å². The van der Waals surface area contributed by atoms with Crippen LogP contribution in [0.15, 0.2) is 40.8 Å². The summed E-state index contributed by atoms with van der Waals surface area (Å²) in [6.07, 6.45) is 1.41. The van der Waals surface area contributed by atoms with Gasteiger partial charge in [-0.1, -0.05) is 12.1 Å². The molecule has 0 amide bonds. The van der Waals surface area contributed by atoms with Crippen LogP contribution in [-0.2, 0) is 11.8 Å². The van der Waals surface area contributed by atoms with Crippen molar-refractivity contribution in [3.8, 4) is 5.75 Å². The third-order valence-electron chi connectivity index (χ3n) is 4.37. The van der Waals surface area contributed by atoms with E-state index in [0.717, 1.165) is 5.70 Å². The molecule has 1 aliphatic heterocycles. The van der Waals surface area contributed by atoms with Crippen molar-refractivity contribution in [2.45, 2.75) is 6.92 Å². The highest BCUT2D eigenvalue weighted by Crippen LogP contribution is 2.26. The third kappa shape index (κ3) is 2.80. The maximum atomic E-state index is 12.6. The number of ether oxygens (including phenoxy) is 1. The molecule has 1 fully saturated rings. The molecular formula is C18H20N2O4. The van der Waals surface area contributed by atoms with Crippen LogP contribution in [0.4, 0.5) is 0 Å². The summed E-state index contributed by atoms with van der Waals surface area (Å²) in [5.41, 5.74) is 0.661. The number of benzene rings is 1. The van der Waals surface area contributed by atoms with E-state index in [0.29, 0.717) is 37.2 Å². The summed E-state index contributed by atoms with van der Waals surface area (Å²) in [5.74, 6) is -0.743. The molecule has 1 N–H and O–H groups in total. The van der Waals surface area contributed by atoms with Crippen molar-refractivity contribution in [2.75, 3.05) is 26.3 Å². The second-order valence-corrected chi connectivity index (χ2v) is 5.85. The summed E-state index contributed by atoms with van der Waals surface area (Å²) in [5, 5.41) is 10.9. The Balaban J connectivity index is 2.05. The summed E-state index contributed by atoms with van der Waals surface area (Å²) in [6.45, 7) is 4.46. The summed E-state index contributed by atoms with van der Waals surface area (Å²) in [4.78, 5) is 27.2. The number of hydrogen-bond donors (Lipinski definition) is 1. The highest BCUT2D eigenvalue weighted by atomic mass is 16.5. The number of pyridine rings is 1. The molecule has 0 bridgehead atoms. The predicted molar refractivity (Wildman–Crippen MR) is 91.3 cm³/mol. The lowest BCUT2D eigenvalue weighted by molar-refractivity contribution is 0.0534. The van der Waals surface area contributed by atoms with Crippen LogP contribution in [0.2, 0.25) is 0 Å². The maximum absolute atomic E-state index is 12.6. The fraction of sp³-hybridized carbons (Fsp3) is 0.333. The number of rotatable bonds is 3. The minimum Gasteiger partial charge on any atom is -0.506 e. The fourth-order valence-electron chi connectivity index (χ4n) is 2.97. The van der Waals surface area contributed by atoms with E-state index in [2.05, 4.69) is 0 Å². The molecule has 1 aliphatic rings. The number of para-hydroxylation sites is 1. The zero-order valence-electron chi connectivity index (χ0n) is 13.8. The Morgan fingerprint density at radius 2 is 1.92 bits per heavy atom. The van der Waals surface area contributed by atoms with E-state index in [-0.39, 0.29) is 11.3 Å². The highest BCUT2D eigenvalue weighted by molar-refractivity contribution is 6.09. The lowest BCUT2D eigenvalue weighted by atomic mass is 10.1. The number of nitrogens with zero attached hydrogens (tertiary/aromatic N) is 2. The van der Waals surface area contributed by atoms with E-state index in [9.17, 15) is 14.7 Å². The van der Waals surface area contributed by atoms with Crippen molar-refractivity contribution < 1.29 is 14.6 Å². The molecule has 1 aromatic heterocycles. The van der Waals surface area contributed by atoms with E-state index in [1.165, 1.54) is 10.6 Å². The van der Waals surface area contributed by atoms with Gasteiger partial charge in [-0.15, -0.1) is 0 Å². The standard InChI is InChI=1S/C18H20N2O4/c1-12(20-7-9-24-10-8-20)11-15(21)16-17(22)13-5-3-4-6-14(13)19(2)18(16)23/h3-6,11,22H,7-10H2,1-2H3. The molecule has 0 aliphatic carbocycles. The van der Waals surface area contributed by atoms with Gasteiger partial charge in [-0.3, -0.25) is 9.59 Å². The average molecular weight is 328 g/mol. The second-order valence-electron chi connectivity index (χ2n) is 5.85. The number of fused-ring (bicyclic) bond motifs is 1. The zero-order chi connectivity index (χ0) is 17.3. The summed E-state index contributed by atoms with van der Waals surface area (Å²) in [6, 6.07) is 6.97. The molecule has 2 heterocycles. The Morgan fingerprint density at radius 1 is 1.25 bits per heavy atom. The van der Waals surface area contributed by atoms with E-state index in [1.807, 2.05) is 11.8 Å². The van der Waals surface area contributed by atoms with E-state index in [4.69, 9.17) is 4.74 Å². The minimum atomic E-state index is -0.498. The molecule has 2 aromatic rings. The van der Waals surface area contributed by atoms with Gasteiger partial charge in [-0.25, -0.2) is 0 Å². The molecule has 6 heteroatoms. The van der Waals surface area contributed by atoms with Crippen molar-refractivity contribution >= 4 is 16.7 Å². The number of aromatic nitrogens is 1. The van der Waals surface area contributed by atoms with Gasteiger partial charge in [0.2, 0.25) is 0 Å². The normalized spacial score (nSPS) is 15.8. The van der Waals surface area contributed by atoms with Crippen LogP contribution in [0.25, 0.3) is 10.9 Å². The topological polar surface area (TPSA) is 71.8 Å². The van der Waals surface area contributed by atoms with E-state index < -0.39 is 11.3 Å². The van der Waals surface area contributed by atoms with Crippen LogP contribution in [0, 0.1) is 0 Å². The largest absolute Gasteiger partial charge is 0.506 e. The van der Waals surface area contributed by atoms with Crippen LogP contribution >= 0.6 is 0 Å².